The zero-order chi connectivity index (χ0) is 20.3. The SMILES string of the molecule is CCN(CC)S(=O)(=O)c1cccc(NC(=O)CSc2nnc(C3CC3)n2C)c1. The number of sulfonamides is 1. The summed E-state index contributed by atoms with van der Waals surface area (Å²) in [6, 6.07) is 6.34. The summed E-state index contributed by atoms with van der Waals surface area (Å²) in [5, 5.41) is 11.8. The van der Waals surface area contributed by atoms with Crippen molar-refractivity contribution < 1.29 is 13.2 Å². The van der Waals surface area contributed by atoms with Crippen LogP contribution < -0.4 is 5.32 Å². The second-order valence-corrected chi connectivity index (χ2v) is 9.51. The fourth-order valence-corrected chi connectivity index (χ4v) is 5.15. The molecule has 0 unspecified atom stereocenters. The summed E-state index contributed by atoms with van der Waals surface area (Å²) < 4.78 is 28.6. The van der Waals surface area contributed by atoms with Crippen LogP contribution in [0.3, 0.4) is 0 Å². The van der Waals surface area contributed by atoms with Gasteiger partial charge < -0.3 is 9.88 Å². The first-order valence-electron chi connectivity index (χ1n) is 9.29. The Bertz CT molecular complexity index is 950. The van der Waals surface area contributed by atoms with Crippen LogP contribution in [0, 0.1) is 0 Å². The number of hydrogen-bond donors (Lipinski definition) is 1. The summed E-state index contributed by atoms with van der Waals surface area (Å²) in [4.78, 5) is 12.5. The molecule has 1 aromatic heterocycles. The van der Waals surface area contributed by atoms with Gasteiger partial charge in [-0.25, -0.2) is 8.42 Å². The van der Waals surface area contributed by atoms with Gasteiger partial charge in [-0.2, -0.15) is 4.31 Å². The van der Waals surface area contributed by atoms with Crippen molar-refractivity contribution in [2.45, 2.75) is 42.7 Å². The fourth-order valence-electron chi connectivity index (χ4n) is 2.92. The summed E-state index contributed by atoms with van der Waals surface area (Å²) in [5.74, 6) is 1.41. The number of anilines is 1. The molecule has 0 bridgehead atoms. The molecule has 1 aromatic carbocycles. The number of hydrogen-bond acceptors (Lipinski definition) is 6. The highest BCUT2D eigenvalue weighted by Gasteiger charge is 2.29. The second-order valence-electron chi connectivity index (χ2n) is 6.63. The van der Waals surface area contributed by atoms with E-state index in [9.17, 15) is 13.2 Å². The molecule has 152 valence electrons. The molecular weight excluding hydrogens is 398 g/mol. The Morgan fingerprint density at radius 1 is 1.29 bits per heavy atom. The Morgan fingerprint density at radius 3 is 2.64 bits per heavy atom. The summed E-state index contributed by atoms with van der Waals surface area (Å²) in [7, 11) is -1.65. The van der Waals surface area contributed by atoms with E-state index in [4.69, 9.17) is 0 Å². The number of carbonyl (C=O) groups is 1. The monoisotopic (exact) mass is 423 g/mol. The third kappa shape index (κ3) is 4.56. The molecule has 0 saturated heterocycles. The van der Waals surface area contributed by atoms with Crippen molar-refractivity contribution in [2.75, 3.05) is 24.2 Å². The van der Waals surface area contributed by atoms with Gasteiger partial charge >= 0.3 is 0 Å². The van der Waals surface area contributed by atoms with Crippen molar-refractivity contribution in [3.63, 3.8) is 0 Å². The predicted octanol–water partition coefficient (Wildman–Crippen LogP) is 2.45. The third-order valence-electron chi connectivity index (χ3n) is 4.60. The Kier molecular flexibility index (Phi) is 6.41. The summed E-state index contributed by atoms with van der Waals surface area (Å²) in [5.41, 5.74) is 0.454. The molecule has 2 aromatic rings. The smallest absolute Gasteiger partial charge is 0.243 e. The van der Waals surface area contributed by atoms with Gasteiger partial charge in [-0.05, 0) is 31.0 Å². The molecule has 0 aliphatic heterocycles. The van der Waals surface area contributed by atoms with Gasteiger partial charge in [0.1, 0.15) is 5.82 Å². The average Bonchev–Trinajstić information content (AvgIpc) is 3.44. The van der Waals surface area contributed by atoms with E-state index in [0.29, 0.717) is 29.9 Å². The quantitative estimate of drug-likeness (QED) is 0.622. The summed E-state index contributed by atoms with van der Waals surface area (Å²) >= 11 is 1.31. The van der Waals surface area contributed by atoms with Gasteiger partial charge in [0.2, 0.25) is 15.9 Å². The van der Waals surface area contributed by atoms with E-state index in [1.165, 1.54) is 28.2 Å². The number of benzene rings is 1. The van der Waals surface area contributed by atoms with Crippen molar-refractivity contribution in [3.8, 4) is 0 Å². The molecule has 1 amide bonds. The molecule has 0 radical (unpaired) electrons. The average molecular weight is 424 g/mol. The lowest BCUT2D eigenvalue weighted by Gasteiger charge is -2.18. The normalized spacial score (nSPS) is 14.4. The molecule has 28 heavy (non-hydrogen) atoms. The Morgan fingerprint density at radius 2 is 2.00 bits per heavy atom. The highest BCUT2D eigenvalue weighted by Crippen LogP contribution is 2.39. The first-order chi connectivity index (χ1) is 13.4. The number of aromatic nitrogens is 3. The summed E-state index contributed by atoms with van der Waals surface area (Å²) in [6.07, 6.45) is 2.29. The van der Waals surface area contributed by atoms with Gasteiger partial charge in [-0.3, -0.25) is 4.79 Å². The van der Waals surface area contributed by atoms with E-state index in [2.05, 4.69) is 15.5 Å². The largest absolute Gasteiger partial charge is 0.325 e. The zero-order valence-corrected chi connectivity index (χ0v) is 17.9. The highest BCUT2D eigenvalue weighted by molar-refractivity contribution is 7.99. The lowest BCUT2D eigenvalue weighted by molar-refractivity contribution is -0.113. The third-order valence-corrected chi connectivity index (χ3v) is 7.67. The van der Waals surface area contributed by atoms with E-state index in [-0.39, 0.29) is 16.6 Å². The van der Waals surface area contributed by atoms with Crippen LogP contribution in [-0.2, 0) is 21.9 Å². The van der Waals surface area contributed by atoms with Crippen molar-refractivity contribution in [1.82, 2.24) is 19.1 Å². The molecule has 1 heterocycles. The van der Waals surface area contributed by atoms with E-state index < -0.39 is 10.0 Å². The molecule has 0 atom stereocenters. The molecule has 1 N–H and O–H groups in total. The molecule has 8 nitrogen and oxygen atoms in total. The van der Waals surface area contributed by atoms with Gasteiger partial charge in [0, 0.05) is 31.7 Å². The van der Waals surface area contributed by atoms with Crippen LogP contribution in [0.1, 0.15) is 38.4 Å². The molecule has 1 saturated carbocycles. The van der Waals surface area contributed by atoms with Crippen LogP contribution >= 0.6 is 11.8 Å². The molecule has 1 aliphatic rings. The second kappa shape index (κ2) is 8.62. The van der Waals surface area contributed by atoms with E-state index in [0.717, 1.165) is 18.7 Å². The minimum atomic E-state index is -3.56. The minimum Gasteiger partial charge on any atom is -0.325 e. The predicted molar refractivity (Wildman–Crippen MR) is 109 cm³/mol. The van der Waals surface area contributed by atoms with Crippen molar-refractivity contribution in [3.05, 3.63) is 30.1 Å². The number of thioether (sulfide) groups is 1. The molecule has 0 spiro atoms. The van der Waals surface area contributed by atoms with E-state index in [1.54, 1.807) is 26.0 Å². The van der Waals surface area contributed by atoms with Crippen LogP contribution in [0.4, 0.5) is 5.69 Å². The number of amides is 1. The maximum Gasteiger partial charge on any atom is 0.243 e. The summed E-state index contributed by atoms with van der Waals surface area (Å²) in [6.45, 7) is 4.38. The van der Waals surface area contributed by atoms with Crippen LogP contribution in [0.25, 0.3) is 0 Å². The Labute approximate surface area is 169 Å². The van der Waals surface area contributed by atoms with Crippen molar-refractivity contribution in [2.24, 2.45) is 7.05 Å². The van der Waals surface area contributed by atoms with Gasteiger partial charge in [-0.1, -0.05) is 31.7 Å². The first-order valence-corrected chi connectivity index (χ1v) is 11.7. The van der Waals surface area contributed by atoms with Gasteiger partial charge in [0.25, 0.3) is 0 Å². The zero-order valence-electron chi connectivity index (χ0n) is 16.3. The number of carbonyl (C=O) groups excluding carboxylic acids is 1. The van der Waals surface area contributed by atoms with Gasteiger partial charge in [0.15, 0.2) is 5.16 Å². The maximum atomic E-state index is 12.6. The minimum absolute atomic E-state index is 0.170. The molecule has 1 fully saturated rings. The number of rotatable bonds is 9. The van der Waals surface area contributed by atoms with E-state index in [1.807, 2.05) is 11.6 Å². The number of nitrogens with zero attached hydrogens (tertiary/aromatic N) is 4. The van der Waals surface area contributed by atoms with Gasteiger partial charge in [0.05, 0.1) is 10.6 Å². The topological polar surface area (TPSA) is 97.2 Å². The lowest BCUT2D eigenvalue weighted by Crippen LogP contribution is -2.30. The molecule has 1 aliphatic carbocycles. The van der Waals surface area contributed by atoms with Gasteiger partial charge in [-0.15, -0.1) is 10.2 Å². The van der Waals surface area contributed by atoms with Crippen LogP contribution in [0.2, 0.25) is 0 Å². The first kappa shape index (κ1) is 20.8. The Hall–Kier alpha value is -1.91. The maximum absolute atomic E-state index is 12.6. The Balaban J connectivity index is 1.63. The van der Waals surface area contributed by atoms with E-state index >= 15 is 0 Å². The lowest BCUT2D eigenvalue weighted by atomic mass is 10.3. The fraction of sp³-hybridized carbons (Fsp3) is 0.500. The molecular formula is C18H25N5O3S2. The standard InChI is InChI=1S/C18H25N5O3S2/c1-4-23(5-2)28(25,26)15-8-6-7-14(11-15)19-16(24)12-27-18-21-20-17(22(18)3)13-9-10-13/h6-8,11,13H,4-5,9-10,12H2,1-3H3,(H,19,24). The molecule has 3 rings (SSSR count). The van der Waals surface area contributed by atoms with Crippen molar-refractivity contribution >= 4 is 33.4 Å². The van der Waals surface area contributed by atoms with Crippen LogP contribution in [-0.4, -0.2) is 52.2 Å². The van der Waals surface area contributed by atoms with Crippen LogP contribution in [0.15, 0.2) is 34.3 Å². The highest BCUT2D eigenvalue weighted by atomic mass is 32.2. The van der Waals surface area contributed by atoms with Crippen LogP contribution in [0.5, 0.6) is 0 Å². The molecule has 10 heteroatoms. The van der Waals surface area contributed by atoms with Crippen molar-refractivity contribution in [1.29, 1.82) is 0 Å². The number of nitrogens with one attached hydrogen (secondary N) is 1.